The summed E-state index contributed by atoms with van der Waals surface area (Å²) in [7, 11) is 0. The summed E-state index contributed by atoms with van der Waals surface area (Å²) in [6.07, 6.45) is 6.76. The van der Waals surface area contributed by atoms with Gasteiger partial charge in [-0.1, -0.05) is 23.8 Å². The summed E-state index contributed by atoms with van der Waals surface area (Å²) >= 11 is 0. The third-order valence-corrected chi connectivity index (χ3v) is 3.58. The molecule has 3 aromatic rings. The summed E-state index contributed by atoms with van der Waals surface area (Å²) in [6, 6.07) is 15.2. The molecule has 0 aliphatic carbocycles. The Morgan fingerprint density at radius 1 is 0.957 bits per heavy atom. The zero-order valence-electron chi connectivity index (χ0n) is 12.9. The van der Waals surface area contributed by atoms with Crippen LogP contribution in [0, 0.1) is 6.92 Å². The second kappa shape index (κ2) is 6.83. The van der Waals surface area contributed by atoms with E-state index >= 15 is 0 Å². The molecule has 0 aliphatic rings. The SMILES string of the molecule is Cc1ccc(N(Cc2cccnc2)C(=O)c2ccncc2)cc1. The lowest BCUT2D eigenvalue weighted by Crippen LogP contribution is -2.30. The topological polar surface area (TPSA) is 46.1 Å². The van der Waals surface area contributed by atoms with E-state index < -0.39 is 0 Å². The van der Waals surface area contributed by atoms with Gasteiger partial charge < -0.3 is 4.90 Å². The zero-order chi connectivity index (χ0) is 16.1. The van der Waals surface area contributed by atoms with Gasteiger partial charge in [0.25, 0.3) is 5.91 Å². The molecule has 0 saturated heterocycles. The fourth-order valence-corrected chi connectivity index (χ4v) is 2.33. The zero-order valence-corrected chi connectivity index (χ0v) is 12.9. The average Bonchev–Trinajstić information content (AvgIpc) is 2.62. The molecule has 1 amide bonds. The lowest BCUT2D eigenvalue weighted by molar-refractivity contribution is 0.0985. The van der Waals surface area contributed by atoms with E-state index in [4.69, 9.17) is 0 Å². The Morgan fingerprint density at radius 2 is 1.70 bits per heavy atom. The molecule has 0 spiro atoms. The highest BCUT2D eigenvalue weighted by Crippen LogP contribution is 2.20. The van der Waals surface area contributed by atoms with E-state index in [0.29, 0.717) is 12.1 Å². The lowest BCUT2D eigenvalue weighted by Gasteiger charge is -2.23. The molecule has 0 atom stereocenters. The van der Waals surface area contributed by atoms with Crippen LogP contribution in [0.4, 0.5) is 5.69 Å². The molecule has 4 nitrogen and oxygen atoms in total. The van der Waals surface area contributed by atoms with Gasteiger partial charge in [0, 0.05) is 36.0 Å². The van der Waals surface area contributed by atoms with Crippen molar-refractivity contribution in [2.24, 2.45) is 0 Å². The lowest BCUT2D eigenvalue weighted by atomic mass is 10.1. The number of benzene rings is 1. The van der Waals surface area contributed by atoms with E-state index in [-0.39, 0.29) is 5.91 Å². The number of carbonyl (C=O) groups is 1. The first kappa shape index (κ1) is 14.9. The largest absolute Gasteiger partial charge is 0.304 e. The van der Waals surface area contributed by atoms with Gasteiger partial charge in [-0.05, 0) is 42.8 Å². The van der Waals surface area contributed by atoms with Gasteiger partial charge in [0.1, 0.15) is 0 Å². The van der Waals surface area contributed by atoms with Crippen LogP contribution < -0.4 is 4.90 Å². The third kappa shape index (κ3) is 3.61. The van der Waals surface area contributed by atoms with Crippen molar-refractivity contribution in [3.8, 4) is 0 Å². The number of carbonyl (C=O) groups excluding carboxylic acids is 1. The molecule has 0 bridgehead atoms. The quantitative estimate of drug-likeness (QED) is 0.739. The van der Waals surface area contributed by atoms with Crippen LogP contribution in [0.2, 0.25) is 0 Å². The molecule has 0 aliphatic heterocycles. The number of rotatable bonds is 4. The fourth-order valence-electron chi connectivity index (χ4n) is 2.33. The summed E-state index contributed by atoms with van der Waals surface area (Å²) in [5.41, 5.74) is 3.62. The van der Waals surface area contributed by atoms with E-state index in [1.54, 1.807) is 41.8 Å². The van der Waals surface area contributed by atoms with E-state index in [2.05, 4.69) is 9.97 Å². The van der Waals surface area contributed by atoms with Gasteiger partial charge >= 0.3 is 0 Å². The molecule has 4 heteroatoms. The highest BCUT2D eigenvalue weighted by molar-refractivity contribution is 6.05. The molecule has 1 aromatic carbocycles. The molecule has 3 rings (SSSR count). The van der Waals surface area contributed by atoms with Gasteiger partial charge in [-0.2, -0.15) is 0 Å². The summed E-state index contributed by atoms with van der Waals surface area (Å²) in [5, 5.41) is 0. The van der Waals surface area contributed by atoms with Gasteiger partial charge in [-0.15, -0.1) is 0 Å². The Kier molecular flexibility index (Phi) is 4.43. The molecule has 23 heavy (non-hydrogen) atoms. The maximum Gasteiger partial charge on any atom is 0.258 e. The summed E-state index contributed by atoms with van der Waals surface area (Å²) in [4.78, 5) is 22.8. The second-order valence-electron chi connectivity index (χ2n) is 5.32. The number of hydrogen-bond acceptors (Lipinski definition) is 3. The van der Waals surface area contributed by atoms with Crippen LogP contribution in [-0.4, -0.2) is 15.9 Å². The molecule has 0 radical (unpaired) electrons. The number of aryl methyl sites for hydroxylation is 1. The average molecular weight is 303 g/mol. The first-order valence-corrected chi connectivity index (χ1v) is 7.41. The number of nitrogens with zero attached hydrogens (tertiary/aromatic N) is 3. The Bertz CT molecular complexity index is 771. The smallest absolute Gasteiger partial charge is 0.258 e. The van der Waals surface area contributed by atoms with Crippen LogP contribution in [0.5, 0.6) is 0 Å². The van der Waals surface area contributed by atoms with E-state index in [0.717, 1.165) is 16.8 Å². The Balaban J connectivity index is 1.96. The van der Waals surface area contributed by atoms with E-state index in [9.17, 15) is 4.79 Å². The second-order valence-corrected chi connectivity index (χ2v) is 5.32. The number of amides is 1. The van der Waals surface area contributed by atoms with Gasteiger partial charge in [-0.25, -0.2) is 0 Å². The van der Waals surface area contributed by atoms with Crippen LogP contribution in [0.1, 0.15) is 21.5 Å². The Labute approximate surface area is 135 Å². The standard InChI is InChI=1S/C19H17N3O/c1-15-4-6-18(7-5-15)22(14-16-3-2-10-21-13-16)19(23)17-8-11-20-12-9-17/h2-13H,14H2,1H3. The van der Waals surface area contributed by atoms with Crippen molar-refractivity contribution < 1.29 is 4.79 Å². The summed E-state index contributed by atoms with van der Waals surface area (Å²) in [5.74, 6) is -0.0555. The predicted molar refractivity (Wildman–Crippen MR) is 90.2 cm³/mol. The molecule has 2 heterocycles. The van der Waals surface area contributed by atoms with Gasteiger partial charge in [0.2, 0.25) is 0 Å². The summed E-state index contributed by atoms with van der Waals surface area (Å²) < 4.78 is 0. The first-order chi connectivity index (χ1) is 11.2. The molecular formula is C19H17N3O. The van der Waals surface area contributed by atoms with Crippen LogP contribution >= 0.6 is 0 Å². The Morgan fingerprint density at radius 3 is 2.35 bits per heavy atom. The maximum absolute atomic E-state index is 12.9. The number of aromatic nitrogens is 2. The highest BCUT2D eigenvalue weighted by Gasteiger charge is 2.18. The van der Waals surface area contributed by atoms with Crippen LogP contribution in [0.25, 0.3) is 0 Å². The molecule has 0 saturated carbocycles. The fraction of sp³-hybridized carbons (Fsp3) is 0.105. The van der Waals surface area contributed by atoms with Crippen LogP contribution in [0.3, 0.4) is 0 Å². The van der Waals surface area contributed by atoms with Crippen LogP contribution in [0.15, 0.2) is 73.3 Å². The van der Waals surface area contributed by atoms with Crippen molar-refractivity contribution in [1.82, 2.24) is 9.97 Å². The molecule has 0 N–H and O–H groups in total. The van der Waals surface area contributed by atoms with Crippen molar-refractivity contribution in [3.63, 3.8) is 0 Å². The molecular weight excluding hydrogens is 286 g/mol. The molecule has 0 unspecified atom stereocenters. The summed E-state index contributed by atoms with van der Waals surface area (Å²) in [6.45, 7) is 2.50. The van der Waals surface area contributed by atoms with Gasteiger partial charge in [0.15, 0.2) is 0 Å². The molecule has 2 aromatic heterocycles. The van der Waals surface area contributed by atoms with Crippen molar-refractivity contribution >= 4 is 11.6 Å². The minimum atomic E-state index is -0.0555. The molecule has 114 valence electrons. The van der Waals surface area contributed by atoms with E-state index in [1.807, 2.05) is 43.3 Å². The number of anilines is 1. The van der Waals surface area contributed by atoms with E-state index in [1.165, 1.54) is 0 Å². The van der Waals surface area contributed by atoms with Crippen molar-refractivity contribution in [3.05, 3.63) is 90.0 Å². The third-order valence-electron chi connectivity index (χ3n) is 3.58. The minimum Gasteiger partial charge on any atom is -0.304 e. The monoisotopic (exact) mass is 303 g/mol. The normalized spacial score (nSPS) is 10.3. The highest BCUT2D eigenvalue weighted by atomic mass is 16.2. The van der Waals surface area contributed by atoms with Gasteiger partial charge in [0.05, 0.1) is 6.54 Å². The maximum atomic E-state index is 12.9. The predicted octanol–water partition coefficient (Wildman–Crippen LogP) is 3.63. The van der Waals surface area contributed by atoms with Crippen molar-refractivity contribution in [2.45, 2.75) is 13.5 Å². The number of pyridine rings is 2. The molecule has 0 fully saturated rings. The first-order valence-electron chi connectivity index (χ1n) is 7.41. The van der Waals surface area contributed by atoms with Crippen molar-refractivity contribution in [1.29, 1.82) is 0 Å². The van der Waals surface area contributed by atoms with Gasteiger partial charge in [-0.3, -0.25) is 14.8 Å². The number of hydrogen-bond donors (Lipinski definition) is 0. The Hall–Kier alpha value is -3.01. The minimum absolute atomic E-state index is 0.0555. The van der Waals surface area contributed by atoms with Crippen LogP contribution in [-0.2, 0) is 6.54 Å². The van der Waals surface area contributed by atoms with Crippen molar-refractivity contribution in [2.75, 3.05) is 4.90 Å².